The van der Waals surface area contributed by atoms with Crippen molar-refractivity contribution in [2.75, 3.05) is 26.7 Å². The molecule has 118 valence electrons. The lowest BCUT2D eigenvalue weighted by atomic mass is 10.4. The van der Waals surface area contributed by atoms with Crippen molar-refractivity contribution in [3.8, 4) is 0 Å². The highest BCUT2D eigenvalue weighted by Gasteiger charge is 2.26. The van der Waals surface area contributed by atoms with Crippen molar-refractivity contribution in [1.29, 1.82) is 0 Å². The highest BCUT2D eigenvalue weighted by molar-refractivity contribution is 7.91. The summed E-state index contributed by atoms with van der Waals surface area (Å²) in [5.74, 6) is -1.48. The van der Waals surface area contributed by atoms with Gasteiger partial charge in [0.2, 0.25) is 5.91 Å². The molecule has 0 bridgehead atoms. The molecule has 0 saturated heterocycles. The number of thiophene rings is 1. The van der Waals surface area contributed by atoms with Gasteiger partial charge in [0.15, 0.2) is 0 Å². The molecule has 7 nitrogen and oxygen atoms in total. The van der Waals surface area contributed by atoms with Crippen LogP contribution in [0.25, 0.3) is 0 Å². The van der Waals surface area contributed by atoms with Crippen LogP contribution in [-0.2, 0) is 14.8 Å². The number of carbonyl (C=O) groups excluding carboxylic acids is 1. The predicted octanol–water partition coefficient (Wildman–Crippen LogP) is 0.935. The van der Waals surface area contributed by atoms with Crippen molar-refractivity contribution in [3.63, 3.8) is 0 Å². The summed E-state index contributed by atoms with van der Waals surface area (Å²) in [7, 11) is -2.55. The van der Waals surface area contributed by atoms with E-state index in [1.807, 2.05) is 13.8 Å². The van der Waals surface area contributed by atoms with E-state index < -0.39 is 16.0 Å². The van der Waals surface area contributed by atoms with Gasteiger partial charge in [-0.3, -0.25) is 4.79 Å². The molecule has 0 unspecified atom stereocenters. The maximum absolute atomic E-state index is 12.3. The molecule has 1 aromatic heterocycles. The van der Waals surface area contributed by atoms with Gasteiger partial charge >= 0.3 is 5.97 Å². The monoisotopic (exact) mass is 334 g/mol. The van der Waals surface area contributed by atoms with Crippen molar-refractivity contribution < 1.29 is 23.1 Å². The summed E-state index contributed by atoms with van der Waals surface area (Å²) < 4.78 is 25.4. The molecule has 0 atom stereocenters. The van der Waals surface area contributed by atoms with Crippen molar-refractivity contribution in [3.05, 3.63) is 17.0 Å². The van der Waals surface area contributed by atoms with Gasteiger partial charge in [-0.25, -0.2) is 13.2 Å². The lowest BCUT2D eigenvalue weighted by Gasteiger charge is -2.22. The lowest BCUT2D eigenvalue weighted by molar-refractivity contribution is -0.130. The van der Waals surface area contributed by atoms with Crippen LogP contribution in [0, 0.1) is 0 Å². The molecular formula is C12H18N2O5S2. The second-order valence-electron chi connectivity index (χ2n) is 4.29. The molecule has 21 heavy (non-hydrogen) atoms. The van der Waals surface area contributed by atoms with E-state index in [-0.39, 0.29) is 22.2 Å². The number of carboxylic acids is 1. The smallest absolute Gasteiger partial charge is 0.336 e. The predicted molar refractivity (Wildman–Crippen MR) is 79.0 cm³/mol. The van der Waals surface area contributed by atoms with Crippen LogP contribution in [0.3, 0.4) is 0 Å². The molecule has 0 aliphatic carbocycles. The highest BCUT2D eigenvalue weighted by Crippen LogP contribution is 2.23. The minimum Gasteiger partial charge on any atom is -0.478 e. The SMILES string of the molecule is CCN(CC)C(=O)CN(C)S(=O)(=O)c1cc(C(=O)O)cs1. The number of aromatic carboxylic acids is 1. The standard InChI is InChI=1S/C12H18N2O5S2/c1-4-14(5-2)10(15)7-13(3)21(18,19)11-6-9(8-20-11)12(16)17/h6,8H,4-5,7H2,1-3H3,(H,16,17). The summed E-state index contributed by atoms with van der Waals surface area (Å²) in [6.45, 7) is 4.36. The van der Waals surface area contributed by atoms with Crippen molar-refractivity contribution >= 4 is 33.2 Å². The molecule has 0 fully saturated rings. The Morgan fingerprint density at radius 2 is 1.86 bits per heavy atom. The molecule has 0 aliphatic heterocycles. The van der Waals surface area contributed by atoms with E-state index in [1.54, 1.807) is 0 Å². The number of nitrogens with zero attached hydrogens (tertiary/aromatic N) is 2. The first-order chi connectivity index (χ1) is 9.73. The zero-order valence-corrected chi connectivity index (χ0v) is 13.7. The summed E-state index contributed by atoms with van der Waals surface area (Å²) in [4.78, 5) is 24.3. The Morgan fingerprint density at radius 1 is 1.29 bits per heavy atom. The van der Waals surface area contributed by atoms with Gasteiger partial charge in [0.05, 0.1) is 12.1 Å². The Bertz CT molecular complexity index is 619. The van der Waals surface area contributed by atoms with Gasteiger partial charge < -0.3 is 10.0 Å². The van der Waals surface area contributed by atoms with E-state index in [0.717, 1.165) is 21.7 Å². The van der Waals surface area contributed by atoms with Gasteiger partial charge in [-0.15, -0.1) is 11.3 Å². The molecule has 0 radical (unpaired) electrons. The fourth-order valence-corrected chi connectivity index (χ4v) is 4.15. The number of hydrogen-bond acceptors (Lipinski definition) is 5. The van der Waals surface area contributed by atoms with Gasteiger partial charge in [-0.2, -0.15) is 4.31 Å². The van der Waals surface area contributed by atoms with Gasteiger partial charge in [0, 0.05) is 25.5 Å². The minimum atomic E-state index is -3.86. The number of amides is 1. The Balaban J connectivity index is 2.91. The van der Waals surface area contributed by atoms with E-state index in [4.69, 9.17) is 5.11 Å². The number of sulfonamides is 1. The second-order valence-corrected chi connectivity index (χ2v) is 7.47. The van der Waals surface area contributed by atoms with Gasteiger partial charge in [0.1, 0.15) is 4.21 Å². The average Bonchev–Trinajstić information content (AvgIpc) is 2.90. The number of hydrogen-bond donors (Lipinski definition) is 1. The topological polar surface area (TPSA) is 95.0 Å². The summed E-state index contributed by atoms with van der Waals surface area (Å²) in [5.41, 5.74) is -0.0814. The molecule has 0 saturated carbocycles. The molecule has 1 N–H and O–H groups in total. The van der Waals surface area contributed by atoms with E-state index in [0.29, 0.717) is 13.1 Å². The third-order valence-corrected chi connectivity index (χ3v) is 6.18. The molecule has 9 heteroatoms. The fraction of sp³-hybridized carbons (Fsp3) is 0.500. The maximum atomic E-state index is 12.3. The van der Waals surface area contributed by atoms with Gasteiger partial charge in [-0.1, -0.05) is 0 Å². The van der Waals surface area contributed by atoms with Crippen LogP contribution < -0.4 is 0 Å². The van der Waals surface area contributed by atoms with Crippen LogP contribution >= 0.6 is 11.3 Å². The number of rotatable bonds is 7. The van der Waals surface area contributed by atoms with Gasteiger partial charge in [0.25, 0.3) is 10.0 Å². The van der Waals surface area contributed by atoms with Crippen LogP contribution in [0.5, 0.6) is 0 Å². The first-order valence-electron chi connectivity index (χ1n) is 6.30. The number of likely N-dealkylation sites (N-methyl/N-ethyl adjacent to an activating group) is 2. The van der Waals surface area contributed by atoms with Crippen LogP contribution in [0.4, 0.5) is 0 Å². The first kappa shape index (κ1) is 17.6. The number of carbonyl (C=O) groups is 2. The molecule has 1 heterocycles. The van der Waals surface area contributed by atoms with Crippen LogP contribution in [0.2, 0.25) is 0 Å². The van der Waals surface area contributed by atoms with Crippen LogP contribution in [-0.4, -0.2) is 61.3 Å². The Kier molecular flexibility index (Phi) is 5.87. The third kappa shape index (κ3) is 4.02. The molecule has 1 rings (SSSR count). The number of carboxylic acid groups (broad SMARTS) is 1. The highest BCUT2D eigenvalue weighted by atomic mass is 32.2. The molecule has 1 aromatic rings. The van der Waals surface area contributed by atoms with Crippen molar-refractivity contribution in [1.82, 2.24) is 9.21 Å². The quantitative estimate of drug-likeness (QED) is 0.800. The van der Waals surface area contributed by atoms with E-state index in [1.165, 1.54) is 17.3 Å². The maximum Gasteiger partial charge on any atom is 0.336 e. The van der Waals surface area contributed by atoms with Crippen LogP contribution in [0.1, 0.15) is 24.2 Å². The van der Waals surface area contributed by atoms with Gasteiger partial charge in [-0.05, 0) is 19.9 Å². The summed E-state index contributed by atoms with van der Waals surface area (Å²) in [6.07, 6.45) is 0. The molecule has 1 amide bonds. The Labute approximate surface area is 127 Å². The van der Waals surface area contributed by atoms with E-state index in [2.05, 4.69) is 0 Å². The summed E-state index contributed by atoms with van der Waals surface area (Å²) >= 11 is 0.825. The average molecular weight is 334 g/mol. The first-order valence-corrected chi connectivity index (χ1v) is 8.61. The fourth-order valence-electron chi connectivity index (χ4n) is 1.67. The van der Waals surface area contributed by atoms with E-state index >= 15 is 0 Å². The summed E-state index contributed by atoms with van der Waals surface area (Å²) in [6, 6.07) is 1.10. The molecule has 0 aliphatic rings. The van der Waals surface area contributed by atoms with E-state index in [9.17, 15) is 18.0 Å². The minimum absolute atomic E-state index is 0.0814. The van der Waals surface area contributed by atoms with Crippen LogP contribution in [0.15, 0.2) is 15.7 Å². The van der Waals surface area contributed by atoms with Crippen molar-refractivity contribution in [2.24, 2.45) is 0 Å². The third-order valence-electron chi connectivity index (χ3n) is 2.96. The lowest BCUT2D eigenvalue weighted by Crippen LogP contribution is -2.40. The zero-order valence-electron chi connectivity index (χ0n) is 12.1. The molecule has 0 aromatic carbocycles. The molecule has 0 spiro atoms. The van der Waals surface area contributed by atoms with Crippen molar-refractivity contribution in [2.45, 2.75) is 18.1 Å². The Morgan fingerprint density at radius 3 is 2.29 bits per heavy atom. The summed E-state index contributed by atoms with van der Waals surface area (Å²) in [5, 5.41) is 10.1. The zero-order chi connectivity index (χ0) is 16.2. The normalized spacial score (nSPS) is 11.6. The Hall–Kier alpha value is -1.45. The molecular weight excluding hydrogens is 316 g/mol. The second kappa shape index (κ2) is 7.01. The largest absolute Gasteiger partial charge is 0.478 e.